The summed E-state index contributed by atoms with van der Waals surface area (Å²) in [7, 11) is 0. The second-order valence-corrected chi connectivity index (χ2v) is 12.9. The summed E-state index contributed by atoms with van der Waals surface area (Å²) in [6.07, 6.45) is 10.3. The summed E-state index contributed by atoms with van der Waals surface area (Å²) in [5, 5.41) is 14.1. The van der Waals surface area contributed by atoms with Crippen molar-refractivity contribution in [3.8, 4) is 0 Å². The number of carbonyl (C=O) groups excluding carboxylic acids is 3. The Hall–Kier alpha value is -3.67. The first kappa shape index (κ1) is 33.2. The number of hydrogen-bond donors (Lipinski definition) is 2. The SMILES string of the molecule is CCCCC(CC)CN(CC(CC)CCCC)C(=O)c1ccc2c(c1)C(=O)/C(=C1/Nc3ccc(C(C)C)cc3C=C1O)C2=O. The fraction of sp³-hybridized carbons (Fsp3) is 0.500. The fourth-order valence-corrected chi connectivity index (χ4v) is 6.33. The highest BCUT2D eigenvalue weighted by Crippen LogP contribution is 2.37. The first-order valence-corrected chi connectivity index (χ1v) is 16.7. The molecule has 0 saturated heterocycles. The monoisotopic (exact) mass is 598 g/mol. The van der Waals surface area contributed by atoms with E-state index in [0.29, 0.717) is 36.4 Å². The molecule has 6 heteroatoms. The van der Waals surface area contributed by atoms with E-state index in [1.54, 1.807) is 24.3 Å². The van der Waals surface area contributed by atoms with Crippen LogP contribution in [0.1, 0.15) is 141 Å². The lowest BCUT2D eigenvalue weighted by Crippen LogP contribution is -2.39. The van der Waals surface area contributed by atoms with Crippen LogP contribution in [0, 0.1) is 11.8 Å². The highest BCUT2D eigenvalue weighted by atomic mass is 16.3. The van der Waals surface area contributed by atoms with Crippen LogP contribution in [0.4, 0.5) is 5.69 Å². The molecule has 0 bridgehead atoms. The van der Waals surface area contributed by atoms with Gasteiger partial charge in [-0.2, -0.15) is 0 Å². The quantitative estimate of drug-likeness (QED) is 0.167. The van der Waals surface area contributed by atoms with Crippen LogP contribution in [-0.2, 0) is 0 Å². The van der Waals surface area contributed by atoms with Crippen LogP contribution in [0.2, 0.25) is 0 Å². The van der Waals surface area contributed by atoms with Crippen molar-refractivity contribution in [2.75, 3.05) is 18.4 Å². The number of aliphatic hydroxyl groups is 1. The van der Waals surface area contributed by atoms with Gasteiger partial charge in [-0.1, -0.05) is 86.1 Å². The topological polar surface area (TPSA) is 86.7 Å². The summed E-state index contributed by atoms with van der Waals surface area (Å²) in [6, 6.07) is 10.8. The fourth-order valence-electron chi connectivity index (χ4n) is 6.33. The number of carbonyl (C=O) groups is 3. The minimum atomic E-state index is -0.473. The molecule has 44 heavy (non-hydrogen) atoms. The number of amides is 1. The Morgan fingerprint density at radius 3 is 2.02 bits per heavy atom. The minimum absolute atomic E-state index is 0.0903. The molecule has 0 spiro atoms. The number of benzene rings is 2. The molecule has 1 amide bonds. The van der Waals surface area contributed by atoms with Gasteiger partial charge in [-0.05, 0) is 72.6 Å². The average molecular weight is 599 g/mol. The predicted octanol–water partition coefficient (Wildman–Crippen LogP) is 9.34. The Morgan fingerprint density at radius 1 is 0.841 bits per heavy atom. The molecule has 1 aliphatic carbocycles. The third kappa shape index (κ3) is 7.17. The predicted molar refractivity (Wildman–Crippen MR) is 179 cm³/mol. The van der Waals surface area contributed by atoms with E-state index in [1.807, 2.05) is 23.1 Å². The van der Waals surface area contributed by atoms with Gasteiger partial charge in [-0.25, -0.2) is 0 Å². The highest BCUT2D eigenvalue weighted by molar-refractivity contribution is 6.40. The molecular weight excluding hydrogens is 548 g/mol. The molecule has 2 N–H and O–H groups in total. The molecule has 2 aromatic rings. The Morgan fingerprint density at radius 2 is 1.45 bits per heavy atom. The van der Waals surface area contributed by atoms with Gasteiger partial charge in [0.25, 0.3) is 5.91 Å². The van der Waals surface area contributed by atoms with Gasteiger partial charge in [0, 0.05) is 41.0 Å². The lowest BCUT2D eigenvalue weighted by molar-refractivity contribution is 0.0684. The summed E-state index contributed by atoms with van der Waals surface area (Å²) in [5.41, 5.74) is 3.58. The highest BCUT2D eigenvalue weighted by Gasteiger charge is 2.38. The Labute approximate surface area is 263 Å². The number of ketones is 2. The van der Waals surface area contributed by atoms with Gasteiger partial charge in [0.15, 0.2) is 11.6 Å². The molecule has 0 radical (unpaired) electrons. The van der Waals surface area contributed by atoms with Gasteiger partial charge in [-0.15, -0.1) is 0 Å². The Balaban J connectivity index is 1.65. The van der Waals surface area contributed by atoms with Gasteiger partial charge < -0.3 is 15.3 Å². The second kappa shape index (κ2) is 14.9. The standard InChI is InChI=1S/C38H50N2O4/c1-7-11-13-25(9-3)22-40(23-26(10-4)14-12-8-2)38(44)28-15-17-30-31(20-28)37(43)34(36(30)42)35-33(41)21-29-19-27(24(5)6)16-18-32(29)39-35/h15-21,24-26,39,41H,7-14,22-23H2,1-6H3/b35-34+. The van der Waals surface area contributed by atoms with Gasteiger partial charge in [0.05, 0.1) is 11.3 Å². The van der Waals surface area contributed by atoms with Crippen LogP contribution >= 0.6 is 0 Å². The minimum Gasteiger partial charge on any atom is -0.506 e. The maximum absolute atomic E-state index is 14.1. The third-order valence-corrected chi connectivity index (χ3v) is 9.34. The lowest BCUT2D eigenvalue weighted by atomic mass is 9.95. The summed E-state index contributed by atoms with van der Waals surface area (Å²) in [4.78, 5) is 43.4. The molecule has 0 aromatic heterocycles. The van der Waals surface area contributed by atoms with Crippen LogP contribution in [0.15, 0.2) is 53.4 Å². The molecular formula is C38H50N2O4. The molecule has 6 nitrogen and oxygen atoms in total. The maximum atomic E-state index is 14.1. The molecule has 2 atom stereocenters. The van der Waals surface area contributed by atoms with E-state index in [-0.39, 0.29) is 34.1 Å². The number of hydrogen-bond acceptors (Lipinski definition) is 5. The normalized spacial score (nSPS) is 17.2. The van der Waals surface area contributed by atoms with Crippen molar-refractivity contribution in [3.05, 3.63) is 81.2 Å². The van der Waals surface area contributed by atoms with E-state index < -0.39 is 11.6 Å². The van der Waals surface area contributed by atoms with E-state index >= 15 is 0 Å². The number of Topliss-reactive ketones (excluding diaryl/α,β-unsaturated/α-hetero) is 2. The second-order valence-electron chi connectivity index (χ2n) is 12.9. The zero-order valence-electron chi connectivity index (χ0n) is 27.5. The molecule has 0 saturated carbocycles. The zero-order chi connectivity index (χ0) is 32.0. The van der Waals surface area contributed by atoms with Gasteiger partial charge in [0.1, 0.15) is 5.76 Å². The van der Waals surface area contributed by atoms with Gasteiger partial charge in [0.2, 0.25) is 0 Å². The smallest absolute Gasteiger partial charge is 0.253 e. The van der Waals surface area contributed by atoms with Crippen LogP contribution in [0.3, 0.4) is 0 Å². The van der Waals surface area contributed by atoms with Crippen molar-refractivity contribution in [3.63, 3.8) is 0 Å². The number of rotatable bonds is 14. The van der Waals surface area contributed by atoms with E-state index in [1.165, 1.54) is 0 Å². The number of nitrogens with one attached hydrogen (secondary N) is 1. The number of nitrogens with zero attached hydrogens (tertiary/aromatic N) is 1. The molecule has 236 valence electrons. The van der Waals surface area contributed by atoms with Crippen molar-refractivity contribution in [1.82, 2.24) is 4.90 Å². The molecule has 4 rings (SSSR count). The third-order valence-electron chi connectivity index (χ3n) is 9.34. The van der Waals surface area contributed by atoms with E-state index in [9.17, 15) is 19.5 Å². The summed E-state index contributed by atoms with van der Waals surface area (Å²) in [6.45, 7) is 14.4. The van der Waals surface area contributed by atoms with E-state index in [0.717, 1.165) is 68.2 Å². The molecule has 0 fully saturated rings. The number of anilines is 1. The van der Waals surface area contributed by atoms with Crippen LogP contribution in [-0.4, -0.2) is 40.6 Å². The van der Waals surface area contributed by atoms with Crippen LogP contribution in [0.5, 0.6) is 0 Å². The van der Waals surface area contributed by atoms with Crippen molar-refractivity contribution >= 4 is 29.2 Å². The Kier molecular flexibility index (Phi) is 11.2. The maximum Gasteiger partial charge on any atom is 0.253 e. The van der Waals surface area contributed by atoms with Crippen molar-refractivity contribution in [1.29, 1.82) is 0 Å². The molecule has 2 aromatic carbocycles. The van der Waals surface area contributed by atoms with Crippen molar-refractivity contribution in [2.45, 2.75) is 98.8 Å². The average Bonchev–Trinajstić information content (AvgIpc) is 3.27. The number of fused-ring (bicyclic) bond motifs is 2. The number of allylic oxidation sites excluding steroid dienone is 1. The number of unbranched alkanes of at least 4 members (excludes halogenated alkanes) is 2. The zero-order valence-corrected chi connectivity index (χ0v) is 27.5. The van der Waals surface area contributed by atoms with Crippen LogP contribution in [0.25, 0.3) is 6.08 Å². The van der Waals surface area contributed by atoms with Gasteiger partial charge in [-0.3, -0.25) is 14.4 Å². The van der Waals surface area contributed by atoms with E-state index in [2.05, 4.69) is 46.9 Å². The van der Waals surface area contributed by atoms with Crippen molar-refractivity contribution < 1.29 is 19.5 Å². The first-order valence-electron chi connectivity index (χ1n) is 16.7. The van der Waals surface area contributed by atoms with Gasteiger partial charge >= 0.3 is 0 Å². The van der Waals surface area contributed by atoms with E-state index in [4.69, 9.17) is 0 Å². The summed E-state index contributed by atoms with van der Waals surface area (Å²) < 4.78 is 0. The molecule has 1 heterocycles. The number of aliphatic hydroxyl groups excluding tert-OH is 1. The largest absolute Gasteiger partial charge is 0.506 e. The summed E-state index contributed by atoms with van der Waals surface area (Å²) in [5.74, 6) is 0.00496. The van der Waals surface area contributed by atoms with Crippen LogP contribution < -0.4 is 5.32 Å². The van der Waals surface area contributed by atoms with Crippen molar-refractivity contribution in [2.24, 2.45) is 11.8 Å². The molecule has 1 aliphatic heterocycles. The first-order chi connectivity index (χ1) is 21.1. The Bertz CT molecular complexity index is 1430. The summed E-state index contributed by atoms with van der Waals surface area (Å²) >= 11 is 0. The molecule has 2 aliphatic rings. The molecule has 2 unspecified atom stereocenters. The lowest BCUT2D eigenvalue weighted by Gasteiger charge is -2.31.